The van der Waals surface area contributed by atoms with Crippen LogP contribution in [0.3, 0.4) is 0 Å². The molecule has 2 rings (SSSR count). The molecule has 1 amide bonds. The van der Waals surface area contributed by atoms with E-state index in [2.05, 4.69) is 16.8 Å². The summed E-state index contributed by atoms with van der Waals surface area (Å²) in [6.45, 7) is 7.94. The zero-order chi connectivity index (χ0) is 20.0. The van der Waals surface area contributed by atoms with Crippen molar-refractivity contribution in [2.24, 2.45) is 0 Å². The Hall–Kier alpha value is -2.89. The fraction of sp³-hybridized carbons (Fsp3) is 0.381. The summed E-state index contributed by atoms with van der Waals surface area (Å²) in [6, 6.07) is 9.57. The van der Waals surface area contributed by atoms with Gasteiger partial charge in [0.1, 0.15) is 6.04 Å². The van der Waals surface area contributed by atoms with E-state index in [1.54, 1.807) is 30.3 Å². The standard InChI is InChI=1S/C21H26N2O4/c1-5-11-23-14(2)12-18(16(23)4)19(24)13-27-21(26)15(3)22-20(25)17-9-7-6-8-10-17/h6-10,12,15H,5,11,13H2,1-4H3,(H,22,25). The van der Waals surface area contributed by atoms with E-state index in [0.717, 1.165) is 24.4 Å². The molecule has 1 atom stereocenters. The molecular formula is C21H26N2O4. The molecule has 1 aromatic heterocycles. The molecule has 0 aliphatic heterocycles. The normalized spacial score (nSPS) is 11.7. The number of Topliss-reactive ketones (excluding diaryl/α,β-unsaturated/α-hetero) is 1. The van der Waals surface area contributed by atoms with E-state index >= 15 is 0 Å². The van der Waals surface area contributed by atoms with Crippen molar-refractivity contribution in [2.75, 3.05) is 6.61 Å². The Morgan fingerprint density at radius 2 is 1.81 bits per heavy atom. The van der Waals surface area contributed by atoms with Crippen molar-refractivity contribution in [3.63, 3.8) is 0 Å². The van der Waals surface area contributed by atoms with Crippen LogP contribution in [0.2, 0.25) is 0 Å². The van der Waals surface area contributed by atoms with Crippen molar-refractivity contribution in [3.8, 4) is 0 Å². The number of ether oxygens (including phenoxy) is 1. The summed E-state index contributed by atoms with van der Waals surface area (Å²) < 4.78 is 7.19. The highest BCUT2D eigenvalue weighted by atomic mass is 16.5. The lowest BCUT2D eigenvalue weighted by Gasteiger charge is -2.13. The Labute approximate surface area is 159 Å². The summed E-state index contributed by atoms with van der Waals surface area (Å²) >= 11 is 0. The predicted molar refractivity (Wildman–Crippen MR) is 103 cm³/mol. The Morgan fingerprint density at radius 1 is 1.15 bits per heavy atom. The van der Waals surface area contributed by atoms with Crippen LogP contribution in [0.1, 0.15) is 52.4 Å². The number of nitrogens with one attached hydrogen (secondary N) is 1. The van der Waals surface area contributed by atoms with Gasteiger partial charge in [-0.1, -0.05) is 25.1 Å². The lowest BCUT2D eigenvalue weighted by molar-refractivity contribution is -0.144. The second kappa shape index (κ2) is 9.16. The van der Waals surface area contributed by atoms with Crippen LogP contribution in [0.4, 0.5) is 0 Å². The molecule has 1 N–H and O–H groups in total. The Kier molecular flexibility index (Phi) is 6.93. The molecule has 6 nitrogen and oxygen atoms in total. The molecule has 1 unspecified atom stereocenters. The quantitative estimate of drug-likeness (QED) is 0.572. The van der Waals surface area contributed by atoms with Crippen LogP contribution in [0.25, 0.3) is 0 Å². The van der Waals surface area contributed by atoms with Crippen molar-refractivity contribution in [1.82, 2.24) is 9.88 Å². The van der Waals surface area contributed by atoms with Crippen molar-refractivity contribution in [3.05, 3.63) is 58.9 Å². The van der Waals surface area contributed by atoms with Gasteiger partial charge in [0.25, 0.3) is 5.91 Å². The molecule has 0 aliphatic rings. The summed E-state index contributed by atoms with van der Waals surface area (Å²) in [7, 11) is 0. The number of aromatic nitrogens is 1. The molecule has 6 heteroatoms. The number of nitrogens with zero attached hydrogens (tertiary/aromatic N) is 1. The summed E-state index contributed by atoms with van der Waals surface area (Å²) in [5.41, 5.74) is 2.90. The van der Waals surface area contributed by atoms with Gasteiger partial charge in [0.15, 0.2) is 6.61 Å². The third-order valence-corrected chi connectivity index (χ3v) is 4.40. The van der Waals surface area contributed by atoms with Crippen molar-refractivity contribution in [1.29, 1.82) is 0 Å². The molecule has 2 aromatic rings. The highest BCUT2D eigenvalue weighted by Gasteiger charge is 2.21. The molecule has 0 bridgehead atoms. The van der Waals surface area contributed by atoms with Gasteiger partial charge in [-0.25, -0.2) is 4.79 Å². The van der Waals surface area contributed by atoms with E-state index in [0.29, 0.717) is 11.1 Å². The van der Waals surface area contributed by atoms with Crippen LogP contribution in [0, 0.1) is 13.8 Å². The maximum atomic E-state index is 12.4. The van der Waals surface area contributed by atoms with Crippen molar-refractivity contribution < 1.29 is 19.1 Å². The first kappa shape index (κ1) is 20.4. The first-order valence-electron chi connectivity index (χ1n) is 9.07. The number of carbonyl (C=O) groups is 3. The smallest absolute Gasteiger partial charge is 0.328 e. The van der Waals surface area contributed by atoms with Crippen LogP contribution < -0.4 is 5.32 Å². The number of benzene rings is 1. The number of hydrogen-bond acceptors (Lipinski definition) is 4. The second-order valence-electron chi connectivity index (χ2n) is 6.53. The topological polar surface area (TPSA) is 77.4 Å². The van der Waals surface area contributed by atoms with Gasteiger partial charge >= 0.3 is 5.97 Å². The van der Waals surface area contributed by atoms with Gasteiger partial charge in [0.2, 0.25) is 5.78 Å². The predicted octanol–water partition coefficient (Wildman–Crippen LogP) is 3.06. The van der Waals surface area contributed by atoms with E-state index in [9.17, 15) is 14.4 Å². The molecule has 27 heavy (non-hydrogen) atoms. The van der Waals surface area contributed by atoms with Gasteiger partial charge in [0, 0.05) is 29.1 Å². The molecule has 0 radical (unpaired) electrons. The fourth-order valence-corrected chi connectivity index (χ4v) is 2.92. The van der Waals surface area contributed by atoms with E-state index in [1.165, 1.54) is 6.92 Å². The highest BCUT2D eigenvalue weighted by Crippen LogP contribution is 2.16. The number of carbonyl (C=O) groups excluding carboxylic acids is 3. The maximum Gasteiger partial charge on any atom is 0.328 e. The highest BCUT2D eigenvalue weighted by molar-refractivity contribution is 6.00. The molecule has 0 spiro atoms. The van der Waals surface area contributed by atoms with Gasteiger partial charge in [-0.3, -0.25) is 9.59 Å². The van der Waals surface area contributed by atoms with Crippen molar-refractivity contribution in [2.45, 2.75) is 46.7 Å². The van der Waals surface area contributed by atoms with Crippen LogP contribution in [-0.4, -0.2) is 34.9 Å². The third kappa shape index (κ3) is 5.06. The lowest BCUT2D eigenvalue weighted by atomic mass is 10.1. The Morgan fingerprint density at radius 3 is 2.44 bits per heavy atom. The molecule has 0 saturated carbocycles. The number of amides is 1. The Balaban J connectivity index is 1.92. The summed E-state index contributed by atoms with van der Waals surface area (Å²) in [4.78, 5) is 36.6. The Bertz CT molecular complexity index is 824. The molecule has 0 aliphatic carbocycles. The van der Waals surface area contributed by atoms with Crippen molar-refractivity contribution >= 4 is 17.7 Å². The SMILES string of the molecule is CCCn1c(C)cc(C(=O)COC(=O)C(C)NC(=O)c2ccccc2)c1C. The molecule has 1 heterocycles. The average molecular weight is 370 g/mol. The minimum absolute atomic E-state index is 0.250. The fourth-order valence-electron chi connectivity index (χ4n) is 2.92. The summed E-state index contributed by atoms with van der Waals surface area (Å²) in [6.07, 6.45) is 0.970. The third-order valence-electron chi connectivity index (χ3n) is 4.40. The second-order valence-corrected chi connectivity index (χ2v) is 6.53. The van der Waals surface area contributed by atoms with E-state index < -0.39 is 12.0 Å². The van der Waals surface area contributed by atoms with Gasteiger partial charge < -0.3 is 14.6 Å². The van der Waals surface area contributed by atoms with Gasteiger partial charge in [0.05, 0.1) is 0 Å². The van der Waals surface area contributed by atoms with Gasteiger partial charge in [-0.15, -0.1) is 0 Å². The lowest BCUT2D eigenvalue weighted by Crippen LogP contribution is -2.40. The van der Waals surface area contributed by atoms with Crippen LogP contribution in [-0.2, 0) is 16.1 Å². The van der Waals surface area contributed by atoms with E-state index in [1.807, 2.05) is 19.9 Å². The zero-order valence-electron chi connectivity index (χ0n) is 16.2. The summed E-state index contributed by atoms with van der Waals surface area (Å²) in [5, 5.41) is 2.57. The number of esters is 1. The first-order chi connectivity index (χ1) is 12.8. The number of hydrogen-bond donors (Lipinski definition) is 1. The van der Waals surface area contributed by atoms with Crippen LogP contribution >= 0.6 is 0 Å². The molecule has 0 saturated heterocycles. The van der Waals surface area contributed by atoms with Gasteiger partial charge in [-0.2, -0.15) is 0 Å². The minimum Gasteiger partial charge on any atom is -0.456 e. The average Bonchev–Trinajstić information content (AvgIpc) is 2.95. The van der Waals surface area contributed by atoms with E-state index in [4.69, 9.17) is 4.74 Å². The monoisotopic (exact) mass is 370 g/mol. The maximum absolute atomic E-state index is 12.4. The first-order valence-corrected chi connectivity index (χ1v) is 9.07. The van der Waals surface area contributed by atoms with Gasteiger partial charge in [-0.05, 0) is 45.4 Å². The minimum atomic E-state index is -0.849. The number of rotatable bonds is 8. The number of ketones is 1. The number of aryl methyl sites for hydroxylation is 1. The zero-order valence-corrected chi connectivity index (χ0v) is 16.2. The molecular weight excluding hydrogens is 344 g/mol. The molecule has 0 fully saturated rings. The van der Waals surface area contributed by atoms with E-state index in [-0.39, 0.29) is 18.3 Å². The largest absolute Gasteiger partial charge is 0.456 e. The van der Waals surface area contributed by atoms with Crippen LogP contribution in [0.15, 0.2) is 36.4 Å². The van der Waals surface area contributed by atoms with Crippen LogP contribution in [0.5, 0.6) is 0 Å². The summed E-state index contributed by atoms with van der Waals surface area (Å²) in [5.74, 6) is -1.26. The molecule has 1 aromatic carbocycles. The molecule has 144 valence electrons.